The van der Waals surface area contributed by atoms with Crippen molar-refractivity contribution >= 4 is 11.8 Å². The topological polar surface area (TPSA) is 74.6 Å². The van der Waals surface area contributed by atoms with Crippen molar-refractivity contribution < 1.29 is 14.0 Å². The third-order valence-electron chi connectivity index (χ3n) is 4.23. The van der Waals surface area contributed by atoms with Crippen LogP contribution in [0.15, 0.2) is 22.8 Å². The Morgan fingerprint density at radius 3 is 2.90 bits per heavy atom. The van der Waals surface area contributed by atoms with Crippen molar-refractivity contribution in [1.29, 1.82) is 0 Å². The predicted octanol–water partition coefficient (Wildman–Crippen LogP) is 0.610. The molecule has 2 amide bonds. The van der Waals surface area contributed by atoms with Gasteiger partial charge in [0.2, 0.25) is 5.91 Å². The monoisotopic (exact) mass is 291 g/mol. The zero-order valence-electron chi connectivity index (χ0n) is 12.0. The first-order valence-electron chi connectivity index (χ1n) is 7.58. The van der Waals surface area contributed by atoms with E-state index in [-0.39, 0.29) is 17.9 Å². The van der Waals surface area contributed by atoms with E-state index in [4.69, 9.17) is 4.42 Å². The fourth-order valence-corrected chi connectivity index (χ4v) is 2.84. The van der Waals surface area contributed by atoms with Crippen molar-refractivity contribution in [3.05, 3.63) is 24.2 Å². The average molecular weight is 291 g/mol. The molecule has 6 nitrogen and oxygen atoms in total. The first kappa shape index (κ1) is 14.1. The van der Waals surface area contributed by atoms with Crippen molar-refractivity contribution in [2.75, 3.05) is 26.2 Å². The van der Waals surface area contributed by atoms with E-state index in [2.05, 4.69) is 10.6 Å². The van der Waals surface area contributed by atoms with Crippen LogP contribution in [0.2, 0.25) is 0 Å². The van der Waals surface area contributed by atoms with Gasteiger partial charge >= 0.3 is 0 Å². The van der Waals surface area contributed by atoms with Gasteiger partial charge in [0.15, 0.2) is 5.76 Å². The zero-order chi connectivity index (χ0) is 14.7. The SMILES string of the molecule is O=C(NCC1CNC1)C1CCCCN1C(=O)c1ccco1. The molecule has 0 aliphatic carbocycles. The van der Waals surface area contributed by atoms with E-state index >= 15 is 0 Å². The van der Waals surface area contributed by atoms with Crippen LogP contribution in [0.5, 0.6) is 0 Å². The lowest BCUT2D eigenvalue weighted by atomic mass is 9.99. The second kappa shape index (κ2) is 6.30. The maximum Gasteiger partial charge on any atom is 0.290 e. The van der Waals surface area contributed by atoms with Crippen molar-refractivity contribution in [3.8, 4) is 0 Å². The van der Waals surface area contributed by atoms with Crippen molar-refractivity contribution in [2.24, 2.45) is 5.92 Å². The summed E-state index contributed by atoms with van der Waals surface area (Å²) in [5.41, 5.74) is 0. The Kier molecular flexibility index (Phi) is 4.24. The van der Waals surface area contributed by atoms with Crippen LogP contribution >= 0.6 is 0 Å². The molecule has 3 rings (SSSR count). The molecule has 1 atom stereocenters. The van der Waals surface area contributed by atoms with Crippen LogP contribution < -0.4 is 10.6 Å². The second-order valence-corrected chi connectivity index (χ2v) is 5.76. The molecular formula is C15H21N3O3. The smallest absolute Gasteiger partial charge is 0.290 e. The molecule has 21 heavy (non-hydrogen) atoms. The molecule has 114 valence electrons. The van der Waals surface area contributed by atoms with Gasteiger partial charge in [0.25, 0.3) is 5.91 Å². The van der Waals surface area contributed by atoms with Gasteiger partial charge < -0.3 is 20.0 Å². The first-order chi connectivity index (χ1) is 10.3. The van der Waals surface area contributed by atoms with Gasteiger partial charge in [0.05, 0.1) is 6.26 Å². The summed E-state index contributed by atoms with van der Waals surface area (Å²) in [7, 11) is 0. The highest BCUT2D eigenvalue weighted by molar-refractivity contribution is 5.95. The average Bonchev–Trinajstić information content (AvgIpc) is 2.99. The Labute approximate surface area is 123 Å². The number of hydrogen-bond acceptors (Lipinski definition) is 4. The Hall–Kier alpha value is -1.82. The third kappa shape index (κ3) is 3.10. The molecule has 1 unspecified atom stereocenters. The lowest BCUT2D eigenvalue weighted by Crippen LogP contribution is -2.54. The van der Waals surface area contributed by atoms with Crippen molar-refractivity contribution in [1.82, 2.24) is 15.5 Å². The summed E-state index contributed by atoms with van der Waals surface area (Å²) in [6, 6.07) is 2.96. The number of rotatable bonds is 4. The molecule has 0 saturated carbocycles. The van der Waals surface area contributed by atoms with E-state index in [1.807, 2.05) is 0 Å². The highest BCUT2D eigenvalue weighted by atomic mass is 16.3. The van der Waals surface area contributed by atoms with Gasteiger partial charge in [-0.1, -0.05) is 0 Å². The molecule has 0 spiro atoms. The molecule has 1 aromatic rings. The van der Waals surface area contributed by atoms with Crippen LogP contribution in [-0.2, 0) is 4.79 Å². The normalized spacial score (nSPS) is 22.7. The Morgan fingerprint density at radius 1 is 1.38 bits per heavy atom. The number of furan rings is 1. The van der Waals surface area contributed by atoms with Crippen LogP contribution in [0.4, 0.5) is 0 Å². The lowest BCUT2D eigenvalue weighted by molar-refractivity contribution is -0.126. The van der Waals surface area contributed by atoms with Crippen LogP contribution in [0.25, 0.3) is 0 Å². The number of likely N-dealkylation sites (tertiary alicyclic amines) is 1. The largest absolute Gasteiger partial charge is 0.459 e. The van der Waals surface area contributed by atoms with Crippen LogP contribution in [0.3, 0.4) is 0 Å². The Bertz CT molecular complexity index is 496. The van der Waals surface area contributed by atoms with E-state index in [0.29, 0.717) is 24.8 Å². The molecule has 0 radical (unpaired) electrons. The van der Waals surface area contributed by atoms with Gasteiger partial charge in [-0.25, -0.2) is 0 Å². The van der Waals surface area contributed by atoms with Gasteiger partial charge in [-0.2, -0.15) is 0 Å². The zero-order valence-corrected chi connectivity index (χ0v) is 12.0. The maximum absolute atomic E-state index is 12.4. The number of carbonyl (C=O) groups is 2. The van der Waals surface area contributed by atoms with E-state index in [1.54, 1.807) is 17.0 Å². The quantitative estimate of drug-likeness (QED) is 0.852. The number of carbonyl (C=O) groups excluding carboxylic acids is 2. The summed E-state index contributed by atoms with van der Waals surface area (Å²) in [4.78, 5) is 26.4. The summed E-state index contributed by atoms with van der Waals surface area (Å²) >= 11 is 0. The minimum absolute atomic E-state index is 0.0403. The number of piperidine rings is 1. The fraction of sp³-hybridized carbons (Fsp3) is 0.600. The van der Waals surface area contributed by atoms with E-state index in [1.165, 1.54) is 6.26 Å². The van der Waals surface area contributed by atoms with Gasteiger partial charge in [0, 0.05) is 32.1 Å². The summed E-state index contributed by atoms with van der Waals surface area (Å²) in [5.74, 6) is 0.594. The molecule has 2 aliphatic rings. The minimum atomic E-state index is -0.371. The van der Waals surface area contributed by atoms with Gasteiger partial charge in [-0.15, -0.1) is 0 Å². The van der Waals surface area contributed by atoms with Crippen LogP contribution in [0.1, 0.15) is 29.8 Å². The summed E-state index contributed by atoms with van der Waals surface area (Å²) in [5, 5.41) is 6.16. The number of nitrogens with one attached hydrogen (secondary N) is 2. The molecule has 1 aromatic heterocycles. The molecule has 0 aromatic carbocycles. The molecule has 2 aliphatic heterocycles. The molecule has 2 fully saturated rings. The third-order valence-corrected chi connectivity index (χ3v) is 4.23. The van der Waals surface area contributed by atoms with Crippen molar-refractivity contribution in [2.45, 2.75) is 25.3 Å². The van der Waals surface area contributed by atoms with E-state index in [0.717, 1.165) is 32.4 Å². The number of hydrogen-bond donors (Lipinski definition) is 2. The second-order valence-electron chi connectivity index (χ2n) is 5.76. The standard InChI is InChI=1S/C15H21N3O3/c19-14(17-10-11-8-16-9-11)12-4-1-2-6-18(12)15(20)13-5-3-7-21-13/h3,5,7,11-12,16H,1-2,4,6,8-10H2,(H,17,19). The molecule has 3 heterocycles. The lowest BCUT2D eigenvalue weighted by Gasteiger charge is -2.35. The summed E-state index contributed by atoms with van der Waals surface area (Å²) in [6.07, 6.45) is 4.12. The van der Waals surface area contributed by atoms with Gasteiger partial charge in [-0.05, 0) is 31.4 Å². The highest BCUT2D eigenvalue weighted by Crippen LogP contribution is 2.20. The number of nitrogens with zero attached hydrogens (tertiary/aromatic N) is 1. The molecule has 6 heteroatoms. The van der Waals surface area contributed by atoms with Gasteiger partial charge in [-0.3, -0.25) is 9.59 Å². The molecule has 2 N–H and O–H groups in total. The number of amides is 2. The Balaban J connectivity index is 1.62. The summed E-state index contributed by atoms with van der Waals surface area (Å²) < 4.78 is 5.17. The van der Waals surface area contributed by atoms with E-state index < -0.39 is 0 Å². The van der Waals surface area contributed by atoms with Crippen molar-refractivity contribution in [3.63, 3.8) is 0 Å². The summed E-state index contributed by atoms with van der Waals surface area (Å²) in [6.45, 7) is 3.22. The van der Waals surface area contributed by atoms with E-state index in [9.17, 15) is 9.59 Å². The highest BCUT2D eigenvalue weighted by Gasteiger charge is 2.33. The maximum atomic E-state index is 12.4. The first-order valence-corrected chi connectivity index (χ1v) is 7.58. The minimum Gasteiger partial charge on any atom is -0.459 e. The predicted molar refractivity (Wildman–Crippen MR) is 76.8 cm³/mol. The fourth-order valence-electron chi connectivity index (χ4n) is 2.84. The molecule has 0 bridgehead atoms. The van der Waals surface area contributed by atoms with Gasteiger partial charge in [0.1, 0.15) is 6.04 Å². The molecular weight excluding hydrogens is 270 g/mol. The van der Waals surface area contributed by atoms with Crippen LogP contribution in [-0.4, -0.2) is 48.9 Å². The van der Waals surface area contributed by atoms with Crippen LogP contribution in [0, 0.1) is 5.92 Å². The molecule has 2 saturated heterocycles. The Morgan fingerprint density at radius 2 is 2.24 bits per heavy atom.